The smallest absolute Gasteiger partial charge is 0.321 e. The van der Waals surface area contributed by atoms with Crippen LogP contribution in [0.4, 0.5) is 8.78 Å². The van der Waals surface area contributed by atoms with E-state index in [9.17, 15) is 8.78 Å². The zero-order valence-corrected chi connectivity index (χ0v) is 11.1. The van der Waals surface area contributed by atoms with Crippen molar-refractivity contribution in [1.29, 1.82) is 0 Å². The second-order valence-corrected chi connectivity index (χ2v) is 4.30. The summed E-state index contributed by atoms with van der Waals surface area (Å²) >= 11 is 3.12. The molecule has 0 saturated heterocycles. The van der Waals surface area contributed by atoms with E-state index in [2.05, 4.69) is 26.0 Å². The topological polar surface area (TPSA) is 39.9 Å². The fraction of sp³-hybridized carbons (Fsp3) is 0.273. The highest BCUT2D eigenvalue weighted by Crippen LogP contribution is 2.23. The Labute approximate surface area is 111 Å². The van der Waals surface area contributed by atoms with E-state index in [1.54, 1.807) is 0 Å². The zero-order valence-electron chi connectivity index (χ0n) is 9.53. The van der Waals surface area contributed by atoms with Gasteiger partial charge in [0.15, 0.2) is 0 Å². The first kappa shape index (κ1) is 12.9. The van der Waals surface area contributed by atoms with E-state index in [4.69, 9.17) is 4.74 Å². The fourth-order valence-corrected chi connectivity index (χ4v) is 1.77. The number of benzene rings is 1. The minimum Gasteiger partial charge on any atom is -0.424 e. The summed E-state index contributed by atoms with van der Waals surface area (Å²) in [6, 6.07) is 3.14. The molecule has 0 atom stereocenters. The number of hydrogen-bond acceptors (Lipinski definition) is 3. The van der Waals surface area contributed by atoms with Crippen molar-refractivity contribution >= 4 is 15.9 Å². The first-order valence-corrected chi connectivity index (χ1v) is 6.12. The molecule has 7 heteroatoms. The van der Waals surface area contributed by atoms with Crippen molar-refractivity contribution in [1.82, 2.24) is 14.8 Å². The van der Waals surface area contributed by atoms with E-state index in [0.717, 1.165) is 24.6 Å². The Hall–Kier alpha value is -1.50. The lowest BCUT2D eigenvalue weighted by Gasteiger charge is -2.06. The maximum atomic E-state index is 13.0. The molecule has 2 rings (SSSR count). The van der Waals surface area contributed by atoms with Gasteiger partial charge in [-0.1, -0.05) is 6.92 Å². The molecule has 96 valence electrons. The van der Waals surface area contributed by atoms with E-state index in [-0.39, 0.29) is 11.8 Å². The Bertz CT molecular complexity index is 539. The number of nitrogens with zero attached hydrogens (tertiary/aromatic N) is 3. The van der Waals surface area contributed by atoms with Gasteiger partial charge in [0, 0.05) is 24.7 Å². The standard InChI is InChI=1S/C11H10BrF2N3O/c1-2-3-17-11(15-10(12)16-17)18-9-5-7(13)4-8(14)6-9/h4-6H,2-3H2,1H3. The van der Waals surface area contributed by atoms with E-state index in [1.165, 1.54) is 4.68 Å². The maximum Gasteiger partial charge on any atom is 0.321 e. The normalized spacial score (nSPS) is 10.7. The molecule has 0 radical (unpaired) electrons. The van der Waals surface area contributed by atoms with E-state index < -0.39 is 11.6 Å². The van der Waals surface area contributed by atoms with E-state index in [0.29, 0.717) is 11.3 Å². The summed E-state index contributed by atoms with van der Waals surface area (Å²) in [6.07, 6.45) is 0.837. The number of halogens is 3. The Morgan fingerprint density at radius 2 is 1.94 bits per heavy atom. The van der Waals surface area contributed by atoms with Crippen LogP contribution in [0.3, 0.4) is 0 Å². The van der Waals surface area contributed by atoms with Crippen LogP contribution >= 0.6 is 15.9 Å². The molecule has 1 heterocycles. The first-order chi connectivity index (χ1) is 8.58. The highest BCUT2D eigenvalue weighted by Gasteiger charge is 2.11. The Morgan fingerprint density at radius 3 is 2.56 bits per heavy atom. The van der Waals surface area contributed by atoms with Crippen LogP contribution in [0.2, 0.25) is 0 Å². The third-order valence-corrected chi connectivity index (χ3v) is 2.43. The highest BCUT2D eigenvalue weighted by atomic mass is 79.9. The number of ether oxygens (including phenoxy) is 1. The lowest BCUT2D eigenvalue weighted by molar-refractivity contribution is 0.390. The van der Waals surface area contributed by atoms with Crippen LogP contribution in [-0.2, 0) is 6.54 Å². The SMILES string of the molecule is CCCn1nc(Br)nc1Oc1cc(F)cc(F)c1. The average Bonchev–Trinajstić information content (AvgIpc) is 2.58. The Balaban J connectivity index is 2.27. The van der Waals surface area contributed by atoms with Crippen molar-refractivity contribution in [2.24, 2.45) is 0 Å². The molecule has 0 saturated carbocycles. The van der Waals surface area contributed by atoms with Gasteiger partial charge in [0.1, 0.15) is 17.4 Å². The lowest BCUT2D eigenvalue weighted by Crippen LogP contribution is -2.02. The van der Waals surface area contributed by atoms with Crippen molar-refractivity contribution < 1.29 is 13.5 Å². The van der Waals surface area contributed by atoms with Crippen molar-refractivity contribution in [3.05, 3.63) is 34.6 Å². The molecular formula is C11H10BrF2N3O. The molecule has 2 aromatic rings. The maximum absolute atomic E-state index is 13.0. The van der Waals surface area contributed by atoms with Crippen molar-refractivity contribution in [2.45, 2.75) is 19.9 Å². The summed E-state index contributed by atoms with van der Waals surface area (Å²) in [4.78, 5) is 3.99. The first-order valence-electron chi connectivity index (χ1n) is 5.33. The number of hydrogen-bond donors (Lipinski definition) is 0. The average molecular weight is 318 g/mol. The molecule has 4 nitrogen and oxygen atoms in total. The third kappa shape index (κ3) is 3.04. The van der Waals surface area contributed by atoms with Crippen LogP contribution in [0.1, 0.15) is 13.3 Å². The highest BCUT2D eigenvalue weighted by molar-refractivity contribution is 9.10. The molecule has 0 amide bonds. The van der Waals surface area contributed by atoms with Gasteiger partial charge in [0.2, 0.25) is 4.73 Å². The lowest BCUT2D eigenvalue weighted by atomic mass is 10.3. The molecule has 0 aliphatic carbocycles. The van der Waals surface area contributed by atoms with Gasteiger partial charge in [0.05, 0.1) is 0 Å². The molecule has 0 fully saturated rings. The van der Waals surface area contributed by atoms with Gasteiger partial charge in [-0.15, -0.1) is 5.10 Å². The van der Waals surface area contributed by atoms with Gasteiger partial charge >= 0.3 is 6.01 Å². The predicted octanol–water partition coefficient (Wildman–Crippen LogP) is 3.52. The second kappa shape index (κ2) is 5.43. The van der Waals surface area contributed by atoms with Crippen molar-refractivity contribution in [3.63, 3.8) is 0 Å². The molecule has 18 heavy (non-hydrogen) atoms. The number of aryl methyl sites for hydroxylation is 1. The van der Waals surface area contributed by atoms with Gasteiger partial charge in [-0.3, -0.25) is 0 Å². The van der Waals surface area contributed by atoms with Gasteiger partial charge in [-0.25, -0.2) is 13.5 Å². The molecule has 0 unspecified atom stereocenters. The summed E-state index contributed by atoms with van der Waals surface area (Å²) in [5.74, 6) is -1.36. The fourth-order valence-electron chi connectivity index (χ4n) is 1.43. The molecular weight excluding hydrogens is 308 g/mol. The Morgan fingerprint density at radius 1 is 1.28 bits per heavy atom. The summed E-state index contributed by atoms with van der Waals surface area (Å²) in [5, 5.41) is 4.05. The molecule has 0 bridgehead atoms. The van der Waals surface area contributed by atoms with Crippen LogP contribution in [0.15, 0.2) is 22.9 Å². The quantitative estimate of drug-likeness (QED) is 0.866. The van der Waals surface area contributed by atoms with Crippen LogP contribution in [-0.4, -0.2) is 14.8 Å². The summed E-state index contributed by atoms with van der Waals surface area (Å²) < 4.78 is 33.2. The van der Waals surface area contributed by atoms with Crippen molar-refractivity contribution in [2.75, 3.05) is 0 Å². The van der Waals surface area contributed by atoms with Crippen LogP contribution in [0.25, 0.3) is 0 Å². The largest absolute Gasteiger partial charge is 0.424 e. The molecule has 1 aromatic heterocycles. The number of aromatic nitrogens is 3. The van der Waals surface area contributed by atoms with Gasteiger partial charge in [0.25, 0.3) is 0 Å². The molecule has 0 spiro atoms. The summed E-state index contributed by atoms with van der Waals surface area (Å²) in [7, 11) is 0. The van der Waals surface area contributed by atoms with Gasteiger partial charge in [-0.05, 0) is 22.4 Å². The molecule has 0 aliphatic rings. The second-order valence-electron chi connectivity index (χ2n) is 3.59. The summed E-state index contributed by atoms with van der Waals surface area (Å²) in [6.45, 7) is 2.58. The monoisotopic (exact) mass is 317 g/mol. The summed E-state index contributed by atoms with van der Waals surface area (Å²) in [5.41, 5.74) is 0. The molecule has 0 aliphatic heterocycles. The molecule has 1 aromatic carbocycles. The predicted molar refractivity (Wildman–Crippen MR) is 64.4 cm³/mol. The minimum atomic E-state index is -0.703. The van der Waals surface area contributed by atoms with Gasteiger partial charge < -0.3 is 4.74 Å². The van der Waals surface area contributed by atoms with Crippen LogP contribution in [0, 0.1) is 11.6 Å². The van der Waals surface area contributed by atoms with E-state index in [1.807, 2.05) is 6.92 Å². The van der Waals surface area contributed by atoms with E-state index >= 15 is 0 Å². The number of rotatable bonds is 4. The van der Waals surface area contributed by atoms with Gasteiger partial charge in [-0.2, -0.15) is 4.98 Å². The Kier molecular flexibility index (Phi) is 3.90. The van der Waals surface area contributed by atoms with Crippen molar-refractivity contribution in [3.8, 4) is 11.8 Å². The third-order valence-electron chi connectivity index (χ3n) is 2.09. The van der Waals surface area contributed by atoms with Crippen LogP contribution < -0.4 is 4.74 Å². The minimum absolute atomic E-state index is 0.0461. The molecule has 0 N–H and O–H groups in total. The zero-order chi connectivity index (χ0) is 13.1. The van der Waals surface area contributed by atoms with Crippen LogP contribution in [0.5, 0.6) is 11.8 Å².